The maximum absolute atomic E-state index is 12.9. The quantitative estimate of drug-likeness (QED) is 0.417. The molecule has 5 rings (SSSR count). The zero-order valence-electron chi connectivity index (χ0n) is 16.7. The van der Waals surface area contributed by atoms with Crippen LogP contribution >= 0.6 is 0 Å². The van der Waals surface area contributed by atoms with Crippen molar-refractivity contribution >= 4 is 5.97 Å². The fourth-order valence-corrected chi connectivity index (χ4v) is 3.76. The van der Waals surface area contributed by atoms with Crippen molar-refractivity contribution in [3.8, 4) is 22.8 Å². The maximum atomic E-state index is 12.9. The minimum absolute atomic E-state index is 0.103. The highest BCUT2D eigenvalue weighted by molar-refractivity contribution is 5.80. The zero-order valence-corrected chi connectivity index (χ0v) is 16.7. The van der Waals surface area contributed by atoms with Crippen LogP contribution in [0, 0.1) is 12.8 Å². The molecule has 1 fully saturated rings. The number of aryl methyl sites for hydroxylation is 1. The van der Waals surface area contributed by atoms with Crippen LogP contribution in [0.15, 0.2) is 91.0 Å². The number of carbonyl (C=O) groups is 1. The predicted molar refractivity (Wildman–Crippen MR) is 117 cm³/mol. The van der Waals surface area contributed by atoms with Gasteiger partial charge in [0.2, 0.25) is 5.88 Å². The van der Waals surface area contributed by atoms with E-state index in [2.05, 4.69) is 12.1 Å². The van der Waals surface area contributed by atoms with Gasteiger partial charge >= 0.3 is 5.97 Å². The van der Waals surface area contributed by atoms with E-state index in [9.17, 15) is 4.79 Å². The molecule has 0 unspecified atom stereocenters. The van der Waals surface area contributed by atoms with Crippen molar-refractivity contribution < 1.29 is 9.53 Å². The molecule has 0 saturated heterocycles. The number of nitrogens with zero attached hydrogens (tertiary/aromatic N) is 2. The highest BCUT2D eigenvalue weighted by Gasteiger charge is 2.45. The lowest BCUT2D eigenvalue weighted by atomic mass is 10.1. The van der Waals surface area contributed by atoms with Crippen molar-refractivity contribution in [2.75, 3.05) is 0 Å². The maximum Gasteiger partial charge on any atom is 0.316 e. The third kappa shape index (κ3) is 3.64. The lowest BCUT2D eigenvalue weighted by Crippen LogP contribution is -2.14. The molecule has 2 atom stereocenters. The van der Waals surface area contributed by atoms with Crippen molar-refractivity contribution in [3.63, 3.8) is 0 Å². The summed E-state index contributed by atoms with van der Waals surface area (Å²) in [5, 5.41) is 4.73. The number of carbonyl (C=O) groups excluding carboxylic acids is 1. The molecular weight excluding hydrogens is 372 g/mol. The van der Waals surface area contributed by atoms with Crippen LogP contribution in [0.25, 0.3) is 16.9 Å². The molecule has 4 aromatic rings. The van der Waals surface area contributed by atoms with Crippen LogP contribution in [0.4, 0.5) is 0 Å². The van der Waals surface area contributed by atoms with E-state index in [0.29, 0.717) is 5.88 Å². The topological polar surface area (TPSA) is 44.1 Å². The van der Waals surface area contributed by atoms with Crippen molar-refractivity contribution in [3.05, 3.63) is 102 Å². The Bertz CT molecular complexity index is 1160. The summed E-state index contributed by atoms with van der Waals surface area (Å²) in [7, 11) is 0. The van der Waals surface area contributed by atoms with E-state index in [4.69, 9.17) is 9.84 Å². The molecular formula is C26H22N2O2. The van der Waals surface area contributed by atoms with Gasteiger partial charge in [-0.3, -0.25) is 4.79 Å². The summed E-state index contributed by atoms with van der Waals surface area (Å²) in [5.41, 5.74) is 4.97. The second kappa shape index (κ2) is 7.64. The molecule has 0 amide bonds. The lowest BCUT2D eigenvalue weighted by molar-refractivity contribution is -0.136. The van der Waals surface area contributed by atoms with Gasteiger partial charge in [-0.25, -0.2) is 4.68 Å². The molecule has 4 heteroatoms. The molecule has 1 aliphatic rings. The van der Waals surface area contributed by atoms with Crippen molar-refractivity contribution in [2.24, 2.45) is 5.92 Å². The Morgan fingerprint density at radius 2 is 1.60 bits per heavy atom. The van der Waals surface area contributed by atoms with Gasteiger partial charge in [-0.2, -0.15) is 5.10 Å². The average Bonchev–Trinajstić information content (AvgIpc) is 3.50. The average molecular weight is 394 g/mol. The molecule has 0 radical (unpaired) electrons. The van der Waals surface area contributed by atoms with E-state index in [1.54, 1.807) is 4.68 Å². The molecule has 1 saturated carbocycles. The molecule has 0 aliphatic heterocycles. The third-order valence-electron chi connectivity index (χ3n) is 5.55. The van der Waals surface area contributed by atoms with Crippen LogP contribution in [-0.4, -0.2) is 15.7 Å². The number of hydrogen-bond acceptors (Lipinski definition) is 3. The van der Waals surface area contributed by atoms with E-state index >= 15 is 0 Å². The lowest BCUT2D eigenvalue weighted by Gasteiger charge is -2.08. The summed E-state index contributed by atoms with van der Waals surface area (Å²) in [6.07, 6.45) is 0.826. The van der Waals surface area contributed by atoms with Gasteiger partial charge < -0.3 is 4.74 Å². The van der Waals surface area contributed by atoms with E-state index < -0.39 is 0 Å². The van der Waals surface area contributed by atoms with Crippen molar-refractivity contribution in [1.29, 1.82) is 0 Å². The summed E-state index contributed by atoms with van der Waals surface area (Å²) < 4.78 is 7.58. The molecule has 0 bridgehead atoms. The summed E-state index contributed by atoms with van der Waals surface area (Å²) in [6.45, 7) is 2.04. The van der Waals surface area contributed by atoms with E-state index in [0.717, 1.165) is 28.9 Å². The Morgan fingerprint density at radius 3 is 2.30 bits per heavy atom. The van der Waals surface area contributed by atoms with Gasteiger partial charge in [0.25, 0.3) is 0 Å². The largest absolute Gasteiger partial charge is 0.407 e. The SMILES string of the molecule is Cc1ccc(-n2nc(-c3ccccc3)cc2OC(=O)[C@@H]2C[C@H]2c2ccccc2)cc1. The number of rotatable bonds is 5. The first-order valence-electron chi connectivity index (χ1n) is 10.2. The summed E-state index contributed by atoms with van der Waals surface area (Å²) >= 11 is 0. The minimum atomic E-state index is -0.197. The van der Waals surface area contributed by atoms with Crippen molar-refractivity contribution in [1.82, 2.24) is 9.78 Å². The zero-order chi connectivity index (χ0) is 20.5. The molecule has 1 aromatic heterocycles. The van der Waals surface area contributed by atoms with E-state index in [-0.39, 0.29) is 17.8 Å². The van der Waals surface area contributed by atoms with E-state index in [1.807, 2.05) is 85.8 Å². The number of aromatic nitrogens is 2. The summed E-state index contributed by atoms with van der Waals surface area (Å²) in [4.78, 5) is 12.9. The Kier molecular flexibility index (Phi) is 4.68. The molecule has 148 valence electrons. The second-order valence-electron chi connectivity index (χ2n) is 7.76. The van der Waals surface area contributed by atoms with Gasteiger partial charge in [0.15, 0.2) is 0 Å². The van der Waals surface area contributed by atoms with Gasteiger partial charge in [-0.05, 0) is 37.0 Å². The molecule has 4 nitrogen and oxygen atoms in total. The Morgan fingerprint density at radius 1 is 0.933 bits per heavy atom. The first kappa shape index (κ1) is 18.4. The summed E-state index contributed by atoms with van der Waals surface area (Å²) in [6, 6.07) is 29.9. The van der Waals surface area contributed by atoms with Crippen LogP contribution in [0.2, 0.25) is 0 Å². The fraction of sp³-hybridized carbons (Fsp3) is 0.154. The number of benzene rings is 3. The van der Waals surface area contributed by atoms with Crippen LogP contribution in [0.3, 0.4) is 0 Å². The Hall–Kier alpha value is -3.66. The summed E-state index contributed by atoms with van der Waals surface area (Å²) in [5.74, 6) is 0.384. The van der Waals surface area contributed by atoms with Crippen LogP contribution in [-0.2, 0) is 4.79 Å². The number of ether oxygens (including phenoxy) is 1. The highest BCUT2D eigenvalue weighted by atomic mass is 16.5. The third-order valence-corrected chi connectivity index (χ3v) is 5.55. The molecule has 1 heterocycles. The van der Waals surface area contributed by atoms with Gasteiger partial charge in [0.05, 0.1) is 17.3 Å². The van der Waals surface area contributed by atoms with Gasteiger partial charge in [-0.1, -0.05) is 78.4 Å². The monoisotopic (exact) mass is 394 g/mol. The van der Waals surface area contributed by atoms with Crippen LogP contribution in [0.5, 0.6) is 5.88 Å². The van der Waals surface area contributed by atoms with Gasteiger partial charge in [0.1, 0.15) is 0 Å². The predicted octanol–water partition coefficient (Wildman–Crippen LogP) is 5.56. The first-order valence-corrected chi connectivity index (χ1v) is 10.2. The van der Waals surface area contributed by atoms with Gasteiger partial charge in [0, 0.05) is 11.6 Å². The fourth-order valence-electron chi connectivity index (χ4n) is 3.76. The molecule has 0 spiro atoms. The van der Waals surface area contributed by atoms with Crippen LogP contribution < -0.4 is 4.74 Å². The molecule has 30 heavy (non-hydrogen) atoms. The first-order chi connectivity index (χ1) is 14.7. The highest BCUT2D eigenvalue weighted by Crippen LogP contribution is 2.48. The Balaban J connectivity index is 1.44. The van der Waals surface area contributed by atoms with Crippen LogP contribution in [0.1, 0.15) is 23.5 Å². The second-order valence-corrected chi connectivity index (χ2v) is 7.76. The molecule has 0 N–H and O–H groups in total. The standard InChI is InChI=1S/C26H22N2O2/c1-18-12-14-21(15-13-18)28-25(17-24(27-28)20-10-6-3-7-11-20)30-26(29)23-16-22(23)19-8-4-2-5-9-19/h2-15,17,22-23H,16H2,1H3/t22-,23+/m0/s1. The number of hydrogen-bond donors (Lipinski definition) is 0. The molecule has 1 aliphatic carbocycles. The Labute approximate surface area is 175 Å². The minimum Gasteiger partial charge on any atom is -0.407 e. The molecule has 3 aromatic carbocycles. The normalized spacial score (nSPS) is 17.5. The van der Waals surface area contributed by atoms with Gasteiger partial charge in [-0.15, -0.1) is 0 Å². The van der Waals surface area contributed by atoms with E-state index in [1.165, 1.54) is 5.56 Å². The van der Waals surface area contributed by atoms with Crippen molar-refractivity contribution in [2.45, 2.75) is 19.3 Å². The number of esters is 1. The smallest absolute Gasteiger partial charge is 0.316 e.